The van der Waals surface area contributed by atoms with Crippen molar-refractivity contribution in [3.05, 3.63) is 96.0 Å². The van der Waals surface area contributed by atoms with Gasteiger partial charge in [-0.3, -0.25) is 0 Å². The van der Waals surface area contributed by atoms with E-state index in [1.54, 1.807) is 18.2 Å². The van der Waals surface area contributed by atoms with E-state index in [0.29, 0.717) is 0 Å². The Morgan fingerprint density at radius 2 is 1.50 bits per heavy atom. The monoisotopic (exact) mass is 234 g/mol. The molecule has 18 heavy (non-hydrogen) atoms. The van der Waals surface area contributed by atoms with Crippen molar-refractivity contribution in [2.45, 2.75) is 0 Å². The fraction of sp³-hybridized carbons (Fsp3) is 0. The van der Waals surface area contributed by atoms with Gasteiger partial charge in [0.15, 0.2) is 0 Å². The summed E-state index contributed by atoms with van der Waals surface area (Å²) >= 11 is 0. The molecule has 1 rings (SSSR count). The summed E-state index contributed by atoms with van der Waals surface area (Å²) < 4.78 is 0. The largest absolute Gasteiger partial charge is 0.0990 e. The molecule has 0 atom stereocenters. The maximum Gasteiger partial charge on any atom is -0.0178 e. The van der Waals surface area contributed by atoms with E-state index in [1.165, 1.54) is 0 Å². The number of rotatable bonds is 5. The van der Waals surface area contributed by atoms with E-state index in [9.17, 15) is 0 Å². The first-order chi connectivity index (χ1) is 8.72. The highest BCUT2D eigenvalue weighted by Gasteiger charge is 1.96. The summed E-state index contributed by atoms with van der Waals surface area (Å²) in [4.78, 5) is 0. The Bertz CT molecular complexity index is 610. The number of benzene rings is 1. The Labute approximate surface area is 109 Å². The van der Waals surface area contributed by atoms with Gasteiger partial charge in [0.1, 0.15) is 0 Å². The van der Waals surface area contributed by atoms with E-state index in [4.69, 9.17) is 0 Å². The first kappa shape index (κ1) is 13.7. The molecule has 0 aliphatic rings. The second-order valence-corrected chi connectivity index (χ2v) is 3.76. The van der Waals surface area contributed by atoms with Crippen LogP contribution in [0.3, 0.4) is 0 Å². The van der Waals surface area contributed by atoms with Gasteiger partial charge in [-0.2, -0.15) is 0 Å². The van der Waals surface area contributed by atoms with Crippen LogP contribution in [0.25, 0.3) is 12.7 Å². The number of hydrogen-bond donors (Lipinski definition) is 0. The SMILES string of the molecule is C=C\C=C(C=C)/C(=C\C=C)/C=c1/ccccc1=C. The van der Waals surface area contributed by atoms with E-state index in [0.717, 1.165) is 21.6 Å². The average molecular weight is 234 g/mol. The van der Waals surface area contributed by atoms with Crippen molar-refractivity contribution < 1.29 is 0 Å². The zero-order chi connectivity index (χ0) is 13.4. The zero-order valence-corrected chi connectivity index (χ0v) is 10.6. The summed E-state index contributed by atoms with van der Waals surface area (Å²) in [6.07, 6.45) is 11.3. The van der Waals surface area contributed by atoms with Crippen molar-refractivity contribution in [1.82, 2.24) is 0 Å². The van der Waals surface area contributed by atoms with Gasteiger partial charge in [0.25, 0.3) is 0 Å². The molecule has 0 aromatic heterocycles. The lowest BCUT2D eigenvalue weighted by molar-refractivity contribution is 1.50. The summed E-state index contributed by atoms with van der Waals surface area (Å²) in [6.45, 7) is 15.3. The molecule has 0 fully saturated rings. The standard InChI is InChI=1S/C18H18/c1-5-10-16(7-3)18(11-6-2)14-17-13-9-8-12-15(17)4/h5-14H,1-4H2/b16-10-,17-14-,18-11-. The minimum absolute atomic E-state index is 0.995. The van der Waals surface area contributed by atoms with Crippen LogP contribution < -0.4 is 10.4 Å². The first-order valence-corrected chi connectivity index (χ1v) is 5.77. The normalized spacial score (nSPS) is 13.2. The molecule has 0 saturated heterocycles. The van der Waals surface area contributed by atoms with Crippen LogP contribution in [0.2, 0.25) is 0 Å². The highest BCUT2D eigenvalue weighted by molar-refractivity contribution is 5.62. The van der Waals surface area contributed by atoms with Gasteiger partial charge >= 0.3 is 0 Å². The topological polar surface area (TPSA) is 0 Å². The Kier molecular flexibility index (Phi) is 5.40. The molecule has 0 unspecified atom stereocenters. The Morgan fingerprint density at radius 3 is 2.06 bits per heavy atom. The highest BCUT2D eigenvalue weighted by atomic mass is 14.0. The van der Waals surface area contributed by atoms with E-state index < -0.39 is 0 Å². The lowest BCUT2D eigenvalue weighted by atomic mass is 10.0. The third-order valence-corrected chi connectivity index (χ3v) is 2.51. The van der Waals surface area contributed by atoms with E-state index in [-0.39, 0.29) is 0 Å². The van der Waals surface area contributed by atoms with Gasteiger partial charge in [-0.25, -0.2) is 0 Å². The smallest absolute Gasteiger partial charge is 0.0178 e. The molecule has 0 heteroatoms. The van der Waals surface area contributed by atoms with E-state index in [2.05, 4.69) is 32.4 Å². The van der Waals surface area contributed by atoms with Gasteiger partial charge in [0.2, 0.25) is 0 Å². The van der Waals surface area contributed by atoms with Crippen LogP contribution in [-0.2, 0) is 0 Å². The van der Waals surface area contributed by atoms with Crippen molar-refractivity contribution in [3.63, 3.8) is 0 Å². The molecule has 0 spiro atoms. The van der Waals surface area contributed by atoms with Crippen LogP contribution in [0, 0.1) is 0 Å². The number of allylic oxidation sites excluding steroid dienone is 7. The molecule has 0 N–H and O–H groups in total. The van der Waals surface area contributed by atoms with Crippen LogP contribution in [0.5, 0.6) is 0 Å². The van der Waals surface area contributed by atoms with Gasteiger partial charge in [0, 0.05) is 0 Å². The van der Waals surface area contributed by atoms with Crippen molar-refractivity contribution in [2.24, 2.45) is 0 Å². The molecule has 0 radical (unpaired) electrons. The fourth-order valence-electron chi connectivity index (χ4n) is 1.61. The van der Waals surface area contributed by atoms with E-state index in [1.807, 2.05) is 36.4 Å². The molecule has 0 bridgehead atoms. The fourth-order valence-corrected chi connectivity index (χ4v) is 1.61. The van der Waals surface area contributed by atoms with Crippen molar-refractivity contribution in [1.29, 1.82) is 0 Å². The minimum Gasteiger partial charge on any atom is -0.0990 e. The molecule has 0 saturated carbocycles. The maximum atomic E-state index is 4.02. The van der Waals surface area contributed by atoms with Crippen LogP contribution in [0.15, 0.2) is 85.5 Å². The summed E-state index contributed by atoms with van der Waals surface area (Å²) in [5, 5.41) is 2.08. The third kappa shape index (κ3) is 3.60. The molecule has 90 valence electrons. The third-order valence-electron chi connectivity index (χ3n) is 2.51. The van der Waals surface area contributed by atoms with Crippen LogP contribution in [0.4, 0.5) is 0 Å². The Hall–Kier alpha value is -2.34. The van der Waals surface area contributed by atoms with Crippen LogP contribution in [-0.4, -0.2) is 0 Å². The molecule has 0 amide bonds. The molecule has 0 aliphatic heterocycles. The van der Waals surface area contributed by atoms with E-state index >= 15 is 0 Å². The van der Waals surface area contributed by atoms with Gasteiger partial charge in [0.05, 0.1) is 0 Å². The number of hydrogen-bond acceptors (Lipinski definition) is 0. The molecule has 1 aromatic rings. The van der Waals surface area contributed by atoms with Gasteiger partial charge in [-0.15, -0.1) is 0 Å². The Morgan fingerprint density at radius 1 is 0.889 bits per heavy atom. The molecule has 0 heterocycles. The molecular weight excluding hydrogens is 216 g/mol. The van der Waals surface area contributed by atoms with Crippen molar-refractivity contribution in [3.8, 4) is 0 Å². The summed E-state index contributed by atoms with van der Waals surface area (Å²) in [5.74, 6) is 0. The zero-order valence-electron chi connectivity index (χ0n) is 10.6. The minimum atomic E-state index is 0.995. The lowest BCUT2D eigenvalue weighted by Gasteiger charge is -2.02. The average Bonchev–Trinajstić information content (AvgIpc) is 2.38. The predicted molar refractivity (Wildman–Crippen MR) is 82.4 cm³/mol. The lowest BCUT2D eigenvalue weighted by Crippen LogP contribution is -2.22. The van der Waals surface area contributed by atoms with Gasteiger partial charge in [-0.05, 0) is 27.7 Å². The summed E-state index contributed by atoms with van der Waals surface area (Å²) in [6, 6.07) is 8.00. The molecule has 0 aliphatic carbocycles. The maximum absolute atomic E-state index is 4.02. The van der Waals surface area contributed by atoms with Crippen molar-refractivity contribution >= 4 is 12.7 Å². The highest BCUT2D eigenvalue weighted by Crippen LogP contribution is 2.13. The van der Waals surface area contributed by atoms with Crippen molar-refractivity contribution in [2.75, 3.05) is 0 Å². The summed E-state index contributed by atoms with van der Waals surface area (Å²) in [7, 11) is 0. The predicted octanol–water partition coefficient (Wildman–Crippen LogP) is 3.29. The quantitative estimate of drug-likeness (QED) is 0.686. The second kappa shape index (κ2) is 7.08. The molecular formula is C18H18. The first-order valence-electron chi connectivity index (χ1n) is 5.77. The van der Waals surface area contributed by atoms with Crippen LogP contribution in [0.1, 0.15) is 0 Å². The second-order valence-electron chi connectivity index (χ2n) is 3.76. The molecule has 1 aromatic carbocycles. The van der Waals surface area contributed by atoms with Gasteiger partial charge < -0.3 is 0 Å². The van der Waals surface area contributed by atoms with Gasteiger partial charge in [-0.1, -0.05) is 81.0 Å². The van der Waals surface area contributed by atoms with Crippen LogP contribution >= 0.6 is 0 Å². The molecule has 0 nitrogen and oxygen atoms in total. The summed E-state index contributed by atoms with van der Waals surface area (Å²) in [5.41, 5.74) is 2.05. The Balaban J connectivity index is 3.42.